The van der Waals surface area contributed by atoms with Crippen LogP contribution >= 0.6 is 23.1 Å². The third-order valence-corrected chi connectivity index (χ3v) is 6.49. The van der Waals surface area contributed by atoms with Crippen molar-refractivity contribution in [1.29, 1.82) is 0 Å². The van der Waals surface area contributed by atoms with Gasteiger partial charge in [0.1, 0.15) is 21.1 Å². The molecule has 1 saturated carbocycles. The highest BCUT2D eigenvalue weighted by Crippen LogP contribution is 2.39. The number of thiophene rings is 1. The van der Waals surface area contributed by atoms with E-state index in [4.69, 9.17) is 0 Å². The molecule has 6 heteroatoms. The molecule has 0 spiro atoms. The Labute approximate surface area is 132 Å². The van der Waals surface area contributed by atoms with Gasteiger partial charge < -0.3 is 5.11 Å². The Kier molecular flexibility index (Phi) is 4.45. The Morgan fingerprint density at radius 3 is 2.67 bits per heavy atom. The van der Waals surface area contributed by atoms with Crippen LogP contribution in [0.25, 0.3) is 10.2 Å². The van der Waals surface area contributed by atoms with E-state index in [0.29, 0.717) is 10.1 Å². The Morgan fingerprint density at radius 1 is 1.29 bits per heavy atom. The smallest absolute Gasteiger partial charge is 0.346 e. The van der Waals surface area contributed by atoms with Gasteiger partial charge in [-0.15, -0.1) is 23.1 Å². The van der Waals surface area contributed by atoms with Crippen molar-refractivity contribution in [3.63, 3.8) is 0 Å². The Balaban J connectivity index is 1.96. The predicted molar refractivity (Wildman–Crippen MR) is 86.5 cm³/mol. The van der Waals surface area contributed by atoms with Gasteiger partial charge in [0, 0.05) is 10.6 Å². The van der Waals surface area contributed by atoms with Crippen LogP contribution in [-0.4, -0.2) is 26.3 Å². The van der Waals surface area contributed by atoms with Crippen molar-refractivity contribution in [2.45, 2.75) is 55.7 Å². The molecule has 112 valence electrons. The van der Waals surface area contributed by atoms with Crippen molar-refractivity contribution < 1.29 is 9.90 Å². The molecule has 1 fully saturated rings. The fourth-order valence-corrected chi connectivity index (χ4v) is 5.26. The maximum atomic E-state index is 11.3. The Bertz CT molecular complexity index is 661. The molecular weight excluding hydrogens is 304 g/mol. The third kappa shape index (κ3) is 3.06. The van der Waals surface area contributed by atoms with Crippen LogP contribution < -0.4 is 0 Å². The molecule has 1 N–H and O–H groups in total. The molecule has 0 bridgehead atoms. The summed E-state index contributed by atoms with van der Waals surface area (Å²) in [7, 11) is 0. The van der Waals surface area contributed by atoms with Crippen molar-refractivity contribution in [2.75, 3.05) is 0 Å². The number of rotatable bonds is 3. The second-order valence-corrected chi connectivity index (χ2v) is 7.74. The fraction of sp³-hybridized carbons (Fsp3) is 0.533. The van der Waals surface area contributed by atoms with Gasteiger partial charge in [0.05, 0.1) is 0 Å². The number of thioether (sulfide) groups is 1. The molecule has 0 radical (unpaired) electrons. The maximum Gasteiger partial charge on any atom is 0.346 e. The normalized spacial score (nSPS) is 17.0. The number of nitrogens with zero attached hydrogens (tertiary/aromatic N) is 2. The highest BCUT2D eigenvalue weighted by molar-refractivity contribution is 8.00. The zero-order valence-electron chi connectivity index (χ0n) is 12.0. The van der Waals surface area contributed by atoms with Crippen LogP contribution in [0.1, 0.15) is 53.8 Å². The van der Waals surface area contributed by atoms with Crippen LogP contribution in [0.2, 0.25) is 0 Å². The van der Waals surface area contributed by atoms with E-state index in [-0.39, 0.29) is 0 Å². The van der Waals surface area contributed by atoms with Crippen LogP contribution in [0.3, 0.4) is 0 Å². The first kappa shape index (κ1) is 14.8. The molecule has 2 aromatic heterocycles. The molecule has 3 rings (SSSR count). The van der Waals surface area contributed by atoms with Crippen LogP contribution in [0, 0.1) is 6.92 Å². The predicted octanol–water partition coefficient (Wildman–Crippen LogP) is 4.51. The van der Waals surface area contributed by atoms with E-state index in [1.165, 1.54) is 49.9 Å². The molecule has 0 aromatic carbocycles. The minimum atomic E-state index is -0.874. The summed E-state index contributed by atoms with van der Waals surface area (Å²) in [5, 5.41) is 11.8. The van der Waals surface area contributed by atoms with E-state index in [1.54, 1.807) is 6.33 Å². The van der Waals surface area contributed by atoms with E-state index in [1.807, 2.05) is 18.7 Å². The molecule has 21 heavy (non-hydrogen) atoms. The zero-order valence-corrected chi connectivity index (χ0v) is 13.6. The summed E-state index contributed by atoms with van der Waals surface area (Å²) in [5.74, 6) is -0.874. The average molecular weight is 322 g/mol. The SMILES string of the molecule is Cc1c(C(=O)O)sc2ncnc(SC3CCCCCC3)c12. The Hall–Kier alpha value is -1.14. The van der Waals surface area contributed by atoms with Crippen molar-refractivity contribution in [3.8, 4) is 0 Å². The molecule has 0 atom stereocenters. The van der Waals surface area contributed by atoms with E-state index in [2.05, 4.69) is 9.97 Å². The van der Waals surface area contributed by atoms with Gasteiger partial charge in [-0.1, -0.05) is 25.7 Å². The number of carboxylic acid groups (broad SMARTS) is 1. The first-order valence-corrected chi connectivity index (χ1v) is 9.00. The second kappa shape index (κ2) is 6.32. The van der Waals surface area contributed by atoms with Gasteiger partial charge in [-0.05, 0) is 25.3 Å². The molecule has 2 heterocycles. The molecule has 1 aliphatic carbocycles. The lowest BCUT2D eigenvalue weighted by Gasteiger charge is -2.13. The number of carbonyl (C=O) groups is 1. The standard InChI is InChI=1S/C15H18N2O2S2/c1-9-11-13(20-10-6-4-2-3-5-7-10)16-8-17-14(11)21-12(9)15(18)19/h8,10H,2-7H2,1H3,(H,18,19). The highest BCUT2D eigenvalue weighted by atomic mass is 32.2. The number of hydrogen-bond donors (Lipinski definition) is 1. The summed E-state index contributed by atoms with van der Waals surface area (Å²) in [6.07, 6.45) is 9.25. The van der Waals surface area contributed by atoms with Gasteiger partial charge in [-0.3, -0.25) is 0 Å². The zero-order chi connectivity index (χ0) is 14.8. The lowest BCUT2D eigenvalue weighted by atomic mass is 10.2. The Morgan fingerprint density at radius 2 is 2.00 bits per heavy atom. The number of fused-ring (bicyclic) bond motifs is 1. The minimum absolute atomic E-state index is 0.383. The number of aromatic carboxylic acids is 1. The van der Waals surface area contributed by atoms with Crippen LogP contribution in [0.15, 0.2) is 11.4 Å². The number of hydrogen-bond acceptors (Lipinski definition) is 5. The highest BCUT2D eigenvalue weighted by Gasteiger charge is 2.21. The number of aryl methyl sites for hydroxylation is 1. The third-order valence-electron chi connectivity index (χ3n) is 3.97. The molecule has 2 aromatic rings. The van der Waals surface area contributed by atoms with Crippen LogP contribution in [0.5, 0.6) is 0 Å². The monoisotopic (exact) mass is 322 g/mol. The number of carboxylic acids is 1. The van der Waals surface area contributed by atoms with E-state index in [9.17, 15) is 9.90 Å². The summed E-state index contributed by atoms with van der Waals surface area (Å²) in [6, 6.07) is 0. The number of aromatic nitrogens is 2. The van der Waals surface area contributed by atoms with Crippen molar-refractivity contribution >= 4 is 39.3 Å². The van der Waals surface area contributed by atoms with Crippen LogP contribution in [-0.2, 0) is 0 Å². The topological polar surface area (TPSA) is 63.1 Å². The lowest BCUT2D eigenvalue weighted by Crippen LogP contribution is -2.01. The van der Waals surface area contributed by atoms with Gasteiger partial charge >= 0.3 is 5.97 Å². The minimum Gasteiger partial charge on any atom is -0.477 e. The summed E-state index contributed by atoms with van der Waals surface area (Å²) in [6.45, 7) is 1.86. The first-order chi connectivity index (χ1) is 10.2. The first-order valence-electron chi connectivity index (χ1n) is 7.31. The van der Waals surface area contributed by atoms with E-state index < -0.39 is 5.97 Å². The summed E-state index contributed by atoms with van der Waals surface area (Å²) in [4.78, 5) is 21.1. The molecule has 4 nitrogen and oxygen atoms in total. The molecule has 0 aliphatic heterocycles. The molecular formula is C15H18N2O2S2. The molecule has 0 saturated heterocycles. The average Bonchev–Trinajstić information content (AvgIpc) is 2.64. The van der Waals surface area contributed by atoms with Gasteiger partial charge in [0.25, 0.3) is 0 Å². The molecule has 0 amide bonds. The van der Waals surface area contributed by atoms with Crippen molar-refractivity contribution in [2.24, 2.45) is 0 Å². The van der Waals surface area contributed by atoms with E-state index in [0.717, 1.165) is 20.8 Å². The second-order valence-electron chi connectivity index (χ2n) is 5.45. The molecule has 0 unspecified atom stereocenters. The van der Waals surface area contributed by atoms with Crippen LogP contribution in [0.4, 0.5) is 0 Å². The fourth-order valence-electron chi connectivity index (χ4n) is 2.85. The van der Waals surface area contributed by atoms with E-state index >= 15 is 0 Å². The van der Waals surface area contributed by atoms with Crippen molar-refractivity contribution in [1.82, 2.24) is 9.97 Å². The summed E-state index contributed by atoms with van der Waals surface area (Å²) >= 11 is 3.06. The maximum absolute atomic E-state index is 11.3. The van der Waals surface area contributed by atoms with Gasteiger partial charge in [-0.2, -0.15) is 0 Å². The lowest BCUT2D eigenvalue weighted by molar-refractivity contribution is 0.0701. The largest absolute Gasteiger partial charge is 0.477 e. The quantitative estimate of drug-likeness (QED) is 0.665. The summed E-state index contributed by atoms with van der Waals surface area (Å²) < 4.78 is 0. The molecule has 1 aliphatic rings. The van der Waals surface area contributed by atoms with Gasteiger partial charge in [0.2, 0.25) is 0 Å². The van der Waals surface area contributed by atoms with Crippen molar-refractivity contribution in [3.05, 3.63) is 16.8 Å². The summed E-state index contributed by atoms with van der Waals surface area (Å²) in [5.41, 5.74) is 0.805. The van der Waals surface area contributed by atoms with Gasteiger partial charge in [0.15, 0.2) is 0 Å². The van der Waals surface area contributed by atoms with Gasteiger partial charge in [-0.25, -0.2) is 14.8 Å².